The molecule has 0 saturated heterocycles. The molecule has 5 heteroatoms. The van der Waals surface area contributed by atoms with E-state index in [-0.39, 0.29) is 0 Å². The second-order valence-electron chi connectivity index (χ2n) is 4.22. The molecule has 0 aliphatic carbocycles. The lowest BCUT2D eigenvalue weighted by Crippen LogP contribution is -2.03. The molecule has 0 fully saturated rings. The van der Waals surface area contributed by atoms with E-state index in [9.17, 15) is 0 Å². The predicted molar refractivity (Wildman–Crippen MR) is 81.6 cm³/mol. The van der Waals surface area contributed by atoms with Crippen molar-refractivity contribution in [3.8, 4) is 0 Å². The molecule has 0 bridgehead atoms. The zero-order valence-corrected chi connectivity index (χ0v) is 12.6. The number of nitrogens with two attached hydrogens (primary N) is 1. The minimum Gasteiger partial charge on any atom is -0.383 e. The summed E-state index contributed by atoms with van der Waals surface area (Å²) in [5, 5.41) is 1.71. The molecule has 100 valence electrons. The second kappa shape index (κ2) is 6.26. The number of thioether (sulfide) groups is 1. The SMILES string of the molecule is CCc1nc(N)c(C)c(SCc2ccc(Cl)cc2)n1. The molecule has 19 heavy (non-hydrogen) atoms. The van der Waals surface area contributed by atoms with Crippen molar-refractivity contribution in [3.63, 3.8) is 0 Å². The first-order chi connectivity index (χ1) is 9.10. The number of nitrogens with zero attached hydrogens (tertiary/aromatic N) is 2. The van der Waals surface area contributed by atoms with Gasteiger partial charge in [0.2, 0.25) is 0 Å². The molecule has 0 aliphatic heterocycles. The van der Waals surface area contributed by atoms with Crippen molar-refractivity contribution in [2.24, 2.45) is 0 Å². The minimum atomic E-state index is 0.574. The summed E-state index contributed by atoms with van der Waals surface area (Å²) >= 11 is 7.55. The molecule has 1 heterocycles. The molecule has 0 saturated carbocycles. The molecular formula is C14H16ClN3S. The number of aryl methyl sites for hydroxylation is 1. The monoisotopic (exact) mass is 293 g/mol. The molecule has 0 spiro atoms. The highest BCUT2D eigenvalue weighted by molar-refractivity contribution is 7.98. The summed E-state index contributed by atoms with van der Waals surface area (Å²) in [5.41, 5.74) is 8.07. The Kier molecular flexibility index (Phi) is 4.66. The number of nitrogen functional groups attached to an aromatic ring is 1. The second-order valence-corrected chi connectivity index (χ2v) is 5.62. The van der Waals surface area contributed by atoms with E-state index in [1.807, 2.05) is 38.1 Å². The van der Waals surface area contributed by atoms with Gasteiger partial charge in [0.05, 0.1) is 0 Å². The van der Waals surface area contributed by atoms with Crippen LogP contribution in [0.3, 0.4) is 0 Å². The molecule has 0 unspecified atom stereocenters. The number of aromatic nitrogens is 2. The zero-order valence-electron chi connectivity index (χ0n) is 11.0. The topological polar surface area (TPSA) is 51.8 Å². The normalized spacial score (nSPS) is 10.7. The molecule has 2 N–H and O–H groups in total. The van der Waals surface area contributed by atoms with Crippen molar-refractivity contribution in [1.82, 2.24) is 9.97 Å². The van der Waals surface area contributed by atoms with Crippen LogP contribution >= 0.6 is 23.4 Å². The van der Waals surface area contributed by atoms with Gasteiger partial charge in [-0.25, -0.2) is 9.97 Å². The average Bonchev–Trinajstić information content (AvgIpc) is 2.42. The summed E-state index contributed by atoms with van der Waals surface area (Å²) < 4.78 is 0. The van der Waals surface area contributed by atoms with Crippen LogP contribution in [-0.4, -0.2) is 9.97 Å². The first-order valence-corrected chi connectivity index (χ1v) is 7.46. The van der Waals surface area contributed by atoms with E-state index in [1.54, 1.807) is 11.8 Å². The van der Waals surface area contributed by atoms with Crippen LogP contribution in [0.2, 0.25) is 5.02 Å². The molecule has 0 radical (unpaired) electrons. The van der Waals surface area contributed by atoms with Crippen LogP contribution in [0.5, 0.6) is 0 Å². The number of anilines is 1. The predicted octanol–water partition coefficient (Wildman–Crippen LogP) is 3.88. The number of benzene rings is 1. The Labute approximate surface area is 122 Å². The standard InChI is InChI=1S/C14H16ClN3S/c1-3-12-17-13(16)9(2)14(18-12)19-8-10-4-6-11(15)7-5-10/h4-7H,3,8H2,1-2H3,(H2,16,17,18). The first-order valence-electron chi connectivity index (χ1n) is 6.10. The molecule has 1 aromatic carbocycles. The largest absolute Gasteiger partial charge is 0.383 e. The third kappa shape index (κ3) is 3.61. The van der Waals surface area contributed by atoms with E-state index in [4.69, 9.17) is 17.3 Å². The summed E-state index contributed by atoms with van der Waals surface area (Å²) in [6, 6.07) is 7.85. The van der Waals surface area contributed by atoms with Gasteiger partial charge in [-0.1, -0.05) is 30.7 Å². The number of halogens is 1. The fourth-order valence-electron chi connectivity index (χ4n) is 1.59. The molecule has 1 aromatic heterocycles. The Morgan fingerprint density at radius 3 is 2.53 bits per heavy atom. The van der Waals surface area contributed by atoms with E-state index in [0.717, 1.165) is 33.6 Å². The number of hydrogen-bond donors (Lipinski definition) is 1. The minimum absolute atomic E-state index is 0.574. The Morgan fingerprint density at radius 2 is 1.89 bits per heavy atom. The quantitative estimate of drug-likeness (QED) is 0.686. The fourth-order valence-corrected chi connectivity index (χ4v) is 2.70. The van der Waals surface area contributed by atoms with Crippen molar-refractivity contribution in [3.05, 3.63) is 46.2 Å². The summed E-state index contributed by atoms with van der Waals surface area (Å²) in [5.74, 6) is 2.21. The summed E-state index contributed by atoms with van der Waals surface area (Å²) in [6.07, 6.45) is 0.791. The van der Waals surface area contributed by atoms with Gasteiger partial charge in [0.1, 0.15) is 16.7 Å². The van der Waals surface area contributed by atoms with Crippen LogP contribution < -0.4 is 5.73 Å². The van der Waals surface area contributed by atoms with Crippen LogP contribution in [0.15, 0.2) is 29.3 Å². The molecule has 2 rings (SSSR count). The van der Waals surface area contributed by atoms with E-state index < -0.39 is 0 Å². The average molecular weight is 294 g/mol. The Morgan fingerprint density at radius 1 is 1.21 bits per heavy atom. The summed E-state index contributed by atoms with van der Waals surface area (Å²) in [6.45, 7) is 3.98. The van der Waals surface area contributed by atoms with Crippen molar-refractivity contribution in [2.45, 2.75) is 31.0 Å². The van der Waals surface area contributed by atoms with Gasteiger partial charge in [-0.2, -0.15) is 0 Å². The lowest BCUT2D eigenvalue weighted by molar-refractivity contribution is 0.878. The van der Waals surface area contributed by atoms with Crippen LogP contribution in [0, 0.1) is 6.92 Å². The Balaban J connectivity index is 2.14. The Hall–Kier alpha value is -1.26. The molecule has 2 aromatic rings. The van der Waals surface area contributed by atoms with E-state index >= 15 is 0 Å². The van der Waals surface area contributed by atoms with Gasteiger partial charge >= 0.3 is 0 Å². The highest BCUT2D eigenvalue weighted by Gasteiger charge is 2.08. The molecule has 0 aliphatic rings. The lowest BCUT2D eigenvalue weighted by atomic mass is 10.2. The van der Waals surface area contributed by atoms with Crippen LogP contribution in [-0.2, 0) is 12.2 Å². The van der Waals surface area contributed by atoms with Crippen molar-refractivity contribution >= 4 is 29.2 Å². The van der Waals surface area contributed by atoms with Gasteiger partial charge < -0.3 is 5.73 Å². The first kappa shape index (κ1) is 14.2. The number of hydrogen-bond acceptors (Lipinski definition) is 4. The fraction of sp³-hybridized carbons (Fsp3) is 0.286. The zero-order chi connectivity index (χ0) is 13.8. The number of rotatable bonds is 4. The summed E-state index contributed by atoms with van der Waals surface area (Å²) in [4.78, 5) is 8.78. The lowest BCUT2D eigenvalue weighted by Gasteiger charge is -2.09. The van der Waals surface area contributed by atoms with E-state index in [1.165, 1.54) is 5.56 Å². The Bertz CT molecular complexity index is 570. The summed E-state index contributed by atoms with van der Waals surface area (Å²) in [7, 11) is 0. The smallest absolute Gasteiger partial charge is 0.131 e. The highest BCUT2D eigenvalue weighted by Crippen LogP contribution is 2.27. The third-order valence-electron chi connectivity index (χ3n) is 2.79. The van der Waals surface area contributed by atoms with Gasteiger partial charge in [0, 0.05) is 22.8 Å². The van der Waals surface area contributed by atoms with Gasteiger partial charge in [-0.3, -0.25) is 0 Å². The van der Waals surface area contributed by atoms with Gasteiger partial charge in [-0.05, 0) is 24.6 Å². The molecule has 0 atom stereocenters. The van der Waals surface area contributed by atoms with Gasteiger partial charge in [0.25, 0.3) is 0 Å². The highest BCUT2D eigenvalue weighted by atomic mass is 35.5. The van der Waals surface area contributed by atoms with Gasteiger partial charge in [0.15, 0.2) is 0 Å². The third-order valence-corrected chi connectivity index (χ3v) is 4.19. The maximum atomic E-state index is 5.90. The van der Waals surface area contributed by atoms with Crippen molar-refractivity contribution < 1.29 is 0 Å². The van der Waals surface area contributed by atoms with E-state index in [2.05, 4.69) is 9.97 Å². The molecule has 3 nitrogen and oxygen atoms in total. The molecule has 0 amide bonds. The van der Waals surface area contributed by atoms with E-state index in [0.29, 0.717) is 5.82 Å². The van der Waals surface area contributed by atoms with Gasteiger partial charge in [-0.15, -0.1) is 11.8 Å². The maximum absolute atomic E-state index is 5.90. The van der Waals surface area contributed by atoms with Crippen LogP contribution in [0.4, 0.5) is 5.82 Å². The van der Waals surface area contributed by atoms with Crippen molar-refractivity contribution in [2.75, 3.05) is 5.73 Å². The van der Waals surface area contributed by atoms with Crippen molar-refractivity contribution in [1.29, 1.82) is 0 Å². The van der Waals surface area contributed by atoms with Crippen LogP contribution in [0.25, 0.3) is 0 Å². The maximum Gasteiger partial charge on any atom is 0.131 e. The van der Waals surface area contributed by atoms with Crippen LogP contribution in [0.1, 0.15) is 23.9 Å². The molecular weight excluding hydrogens is 278 g/mol.